The van der Waals surface area contributed by atoms with Crippen LogP contribution in [0.1, 0.15) is 40.5 Å². The summed E-state index contributed by atoms with van der Waals surface area (Å²) in [5.74, 6) is 0.256. The molecule has 0 aliphatic rings. The van der Waals surface area contributed by atoms with Crippen molar-refractivity contribution in [2.45, 2.75) is 46.6 Å². The molecule has 0 N–H and O–H groups in total. The molecule has 86 valence electrons. The summed E-state index contributed by atoms with van der Waals surface area (Å²) < 4.78 is 0. The standard InChI is InChI=1S/C11H19NO3/c1-5-11(13)10(6-8(2)3)7-9(4)12(14)15/h6,8-9H,5,7H2,1-4H3/b10-6+. The van der Waals surface area contributed by atoms with Gasteiger partial charge in [-0.3, -0.25) is 14.9 Å². The van der Waals surface area contributed by atoms with Crippen LogP contribution >= 0.6 is 0 Å². The van der Waals surface area contributed by atoms with Crippen molar-refractivity contribution in [1.82, 2.24) is 0 Å². The Morgan fingerprint density at radius 3 is 2.27 bits per heavy atom. The minimum Gasteiger partial charge on any atom is -0.295 e. The van der Waals surface area contributed by atoms with Gasteiger partial charge in [0.1, 0.15) is 0 Å². The van der Waals surface area contributed by atoms with Crippen molar-refractivity contribution in [3.8, 4) is 0 Å². The Bertz CT molecular complexity index is 269. The highest BCUT2D eigenvalue weighted by molar-refractivity contribution is 5.95. The van der Waals surface area contributed by atoms with Crippen LogP contribution in [0.5, 0.6) is 0 Å². The lowest BCUT2D eigenvalue weighted by atomic mass is 9.98. The van der Waals surface area contributed by atoms with Gasteiger partial charge in [-0.15, -0.1) is 0 Å². The Balaban J connectivity index is 4.66. The highest BCUT2D eigenvalue weighted by Crippen LogP contribution is 2.13. The van der Waals surface area contributed by atoms with E-state index in [1.165, 1.54) is 6.92 Å². The zero-order valence-corrected chi connectivity index (χ0v) is 9.82. The van der Waals surface area contributed by atoms with E-state index in [1.807, 2.05) is 19.9 Å². The van der Waals surface area contributed by atoms with Crippen molar-refractivity contribution in [2.75, 3.05) is 0 Å². The number of Topliss-reactive ketones (excluding diaryl/α,β-unsaturated/α-hetero) is 1. The summed E-state index contributed by atoms with van der Waals surface area (Å²) in [5, 5.41) is 10.5. The fraction of sp³-hybridized carbons (Fsp3) is 0.727. The predicted octanol–water partition coefficient (Wildman–Crippen LogP) is 2.60. The van der Waals surface area contributed by atoms with Crippen LogP contribution < -0.4 is 0 Å². The summed E-state index contributed by atoms with van der Waals surface area (Å²) in [6, 6.07) is -0.689. The second kappa shape index (κ2) is 6.32. The molecule has 0 bridgehead atoms. The molecule has 0 saturated carbocycles. The SMILES string of the molecule is CCC(=O)/C(=C/C(C)C)CC(C)[N+](=O)[O-]. The Morgan fingerprint density at radius 2 is 1.93 bits per heavy atom. The van der Waals surface area contributed by atoms with Crippen molar-refractivity contribution >= 4 is 5.78 Å². The van der Waals surface area contributed by atoms with Crippen LogP contribution in [-0.4, -0.2) is 16.7 Å². The molecule has 4 nitrogen and oxygen atoms in total. The third-order valence-corrected chi connectivity index (χ3v) is 2.09. The van der Waals surface area contributed by atoms with Crippen LogP contribution in [0, 0.1) is 16.0 Å². The lowest BCUT2D eigenvalue weighted by Gasteiger charge is -2.08. The van der Waals surface area contributed by atoms with Crippen molar-refractivity contribution in [1.29, 1.82) is 0 Å². The van der Waals surface area contributed by atoms with Gasteiger partial charge in [-0.05, 0) is 11.5 Å². The fourth-order valence-electron chi connectivity index (χ4n) is 1.30. The molecule has 15 heavy (non-hydrogen) atoms. The van der Waals surface area contributed by atoms with Gasteiger partial charge in [-0.25, -0.2) is 0 Å². The molecule has 0 heterocycles. The van der Waals surface area contributed by atoms with E-state index in [4.69, 9.17) is 0 Å². The van der Waals surface area contributed by atoms with E-state index in [1.54, 1.807) is 6.92 Å². The van der Waals surface area contributed by atoms with E-state index in [0.717, 1.165) is 0 Å². The molecule has 0 aromatic carbocycles. The second-order valence-electron chi connectivity index (χ2n) is 4.05. The third-order valence-electron chi connectivity index (χ3n) is 2.09. The number of nitrogens with zero attached hydrogens (tertiary/aromatic N) is 1. The van der Waals surface area contributed by atoms with Crippen molar-refractivity contribution in [3.05, 3.63) is 21.8 Å². The number of hydrogen-bond acceptors (Lipinski definition) is 3. The van der Waals surface area contributed by atoms with E-state index in [2.05, 4.69) is 0 Å². The minimum atomic E-state index is -0.689. The first-order chi connectivity index (χ1) is 6.88. The van der Waals surface area contributed by atoms with E-state index in [-0.39, 0.29) is 23.0 Å². The monoisotopic (exact) mass is 213 g/mol. The van der Waals surface area contributed by atoms with E-state index in [0.29, 0.717) is 12.0 Å². The maximum Gasteiger partial charge on any atom is 0.214 e. The zero-order chi connectivity index (χ0) is 12.0. The molecule has 0 aliphatic carbocycles. The summed E-state index contributed by atoms with van der Waals surface area (Å²) in [6.45, 7) is 7.21. The first-order valence-corrected chi connectivity index (χ1v) is 5.25. The van der Waals surface area contributed by atoms with Gasteiger partial charge in [0.2, 0.25) is 6.04 Å². The first-order valence-electron chi connectivity index (χ1n) is 5.25. The Hall–Kier alpha value is -1.19. The first kappa shape index (κ1) is 13.8. The van der Waals surface area contributed by atoms with Gasteiger partial charge in [0.25, 0.3) is 0 Å². The molecule has 0 radical (unpaired) electrons. The molecular formula is C11H19NO3. The lowest BCUT2D eigenvalue weighted by Crippen LogP contribution is -2.18. The van der Waals surface area contributed by atoms with E-state index >= 15 is 0 Å². The topological polar surface area (TPSA) is 60.2 Å². The molecule has 0 rings (SSSR count). The van der Waals surface area contributed by atoms with Gasteiger partial charge in [0.05, 0.1) is 0 Å². The highest BCUT2D eigenvalue weighted by Gasteiger charge is 2.19. The number of nitro groups is 1. The van der Waals surface area contributed by atoms with Crippen LogP contribution in [-0.2, 0) is 4.79 Å². The molecule has 0 aromatic heterocycles. The van der Waals surface area contributed by atoms with Crippen LogP contribution in [0.25, 0.3) is 0 Å². The summed E-state index contributed by atoms with van der Waals surface area (Å²) in [7, 11) is 0. The second-order valence-corrected chi connectivity index (χ2v) is 4.05. The molecule has 0 fully saturated rings. The van der Waals surface area contributed by atoms with Crippen LogP contribution in [0.3, 0.4) is 0 Å². The number of ketones is 1. The summed E-state index contributed by atoms with van der Waals surface area (Å²) in [6.07, 6.45) is 2.46. The largest absolute Gasteiger partial charge is 0.295 e. The van der Waals surface area contributed by atoms with E-state index in [9.17, 15) is 14.9 Å². The fourth-order valence-corrected chi connectivity index (χ4v) is 1.30. The molecule has 1 unspecified atom stereocenters. The number of rotatable bonds is 6. The van der Waals surface area contributed by atoms with Crippen molar-refractivity contribution < 1.29 is 9.72 Å². The van der Waals surface area contributed by atoms with Gasteiger partial charge in [-0.2, -0.15) is 0 Å². The van der Waals surface area contributed by atoms with Gasteiger partial charge in [0, 0.05) is 24.7 Å². The quantitative estimate of drug-likeness (QED) is 0.387. The Labute approximate surface area is 90.5 Å². The minimum absolute atomic E-state index is 0.0115. The zero-order valence-electron chi connectivity index (χ0n) is 9.82. The number of carbonyl (C=O) groups is 1. The molecule has 0 amide bonds. The number of hydrogen-bond donors (Lipinski definition) is 0. The smallest absolute Gasteiger partial charge is 0.214 e. The van der Waals surface area contributed by atoms with Gasteiger partial charge in [0.15, 0.2) is 5.78 Å². The third kappa shape index (κ3) is 5.30. The van der Waals surface area contributed by atoms with E-state index < -0.39 is 6.04 Å². The lowest BCUT2D eigenvalue weighted by molar-refractivity contribution is -0.517. The average Bonchev–Trinajstić information content (AvgIpc) is 2.14. The number of carbonyl (C=O) groups excluding carboxylic acids is 1. The average molecular weight is 213 g/mol. The maximum absolute atomic E-state index is 11.5. The van der Waals surface area contributed by atoms with Gasteiger partial charge >= 0.3 is 0 Å². The summed E-state index contributed by atoms with van der Waals surface area (Å²) >= 11 is 0. The Kier molecular flexibility index (Phi) is 5.82. The molecule has 0 saturated heterocycles. The predicted molar refractivity (Wildman–Crippen MR) is 59.3 cm³/mol. The molecule has 0 aromatic rings. The van der Waals surface area contributed by atoms with Crippen LogP contribution in [0.4, 0.5) is 0 Å². The normalized spacial score (nSPS) is 14.1. The molecule has 0 spiro atoms. The summed E-state index contributed by atoms with van der Waals surface area (Å²) in [5.41, 5.74) is 0.594. The van der Waals surface area contributed by atoms with Gasteiger partial charge < -0.3 is 0 Å². The van der Waals surface area contributed by atoms with Gasteiger partial charge in [-0.1, -0.05) is 26.8 Å². The molecule has 4 heteroatoms. The van der Waals surface area contributed by atoms with Crippen LogP contribution in [0.15, 0.2) is 11.6 Å². The van der Waals surface area contributed by atoms with Crippen molar-refractivity contribution in [3.63, 3.8) is 0 Å². The summed E-state index contributed by atoms with van der Waals surface area (Å²) in [4.78, 5) is 21.7. The van der Waals surface area contributed by atoms with Crippen LogP contribution in [0.2, 0.25) is 0 Å². The Morgan fingerprint density at radius 1 is 1.40 bits per heavy atom. The molecule has 1 atom stereocenters. The molecular weight excluding hydrogens is 194 g/mol. The van der Waals surface area contributed by atoms with Crippen molar-refractivity contribution in [2.24, 2.45) is 5.92 Å². The highest BCUT2D eigenvalue weighted by atomic mass is 16.6. The maximum atomic E-state index is 11.5. The number of allylic oxidation sites excluding steroid dienone is 1. The molecule has 0 aliphatic heterocycles.